The van der Waals surface area contributed by atoms with E-state index in [4.69, 9.17) is 10.5 Å². The Bertz CT molecular complexity index is 665. The first-order valence-corrected chi connectivity index (χ1v) is 5.20. The van der Waals surface area contributed by atoms with Crippen LogP contribution in [0.1, 0.15) is 11.1 Å². The van der Waals surface area contributed by atoms with Crippen molar-refractivity contribution in [1.29, 1.82) is 10.5 Å². The average molecular weight is 237 g/mol. The van der Waals surface area contributed by atoms with Crippen LogP contribution in [0.5, 0.6) is 0 Å². The first-order chi connectivity index (χ1) is 8.72. The van der Waals surface area contributed by atoms with Gasteiger partial charge in [-0.2, -0.15) is 10.5 Å². The van der Waals surface area contributed by atoms with Crippen LogP contribution in [0.2, 0.25) is 0 Å². The first-order valence-electron chi connectivity index (χ1n) is 5.20. The van der Waals surface area contributed by atoms with E-state index in [1.54, 1.807) is 30.3 Å². The molecule has 0 unspecified atom stereocenters. The van der Waals surface area contributed by atoms with Gasteiger partial charge in [0.2, 0.25) is 0 Å². The highest BCUT2D eigenvalue weighted by Crippen LogP contribution is 2.20. The predicted molar refractivity (Wildman–Crippen MR) is 65.6 cm³/mol. The van der Waals surface area contributed by atoms with Gasteiger partial charge in [0.1, 0.15) is 11.9 Å². The summed E-state index contributed by atoms with van der Waals surface area (Å²) in [4.78, 5) is 0. The highest BCUT2D eigenvalue weighted by atomic mass is 19.1. The molecular formula is C14H8FN3. The molecule has 1 N–H and O–H groups in total. The summed E-state index contributed by atoms with van der Waals surface area (Å²) in [6.45, 7) is 0. The first kappa shape index (κ1) is 11.6. The van der Waals surface area contributed by atoms with Gasteiger partial charge in [-0.05, 0) is 36.4 Å². The van der Waals surface area contributed by atoms with Crippen LogP contribution in [0, 0.1) is 28.5 Å². The van der Waals surface area contributed by atoms with Crippen molar-refractivity contribution in [2.24, 2.45) is 0 Å². The van der Waals surface area contributed by atoms with Crippen molar-refractivity contribution < 1.29 is 4.39 Å². The largest absolute Gasteiger partial charge is 0.355 e. The van der Waals surface area contributed by atoms with Crippen molar-refractivity contribution in [3.8, 4) is 12.1 Å². The topological polar surface area (TPSA) is 59.6 Å². The molecule has 0 aromatic heterocycles. The van der Waals surface area contributed by atoms with E-state index in [1.165, 1.54) is 18.2 Å². The zero-order chi connectivity index (χ0) is 13.0. The number of anilines is 2. The minimum Gasteiger partial charge on any atom is -0.355 e. The van der Waals surface area contributed by atoms with E-state index < -0.39 is 5.82 Å². The molecule has 0 amide bonds. The van der Waals surface area contributed by atoms with E-state index in [-0.39, 0.29) is 5.56 Å². The van der Waals surface area contributed by atoms with E-state index in [0.717, 1.165) is 0 Å². The molecule has 2 aromatic carbocycles. The smallest absolute Gasteiger partial charge is 0.141 e. The van der Waals surface area contributed by atoms with Crippen LogP contribution in [-0.4, -0.2) is 0 Å². The maximum atomic E-state index is 13.1. The minimum atomic E-state index is -0.547. The van der Waals surface area contributed by atoms with E-state index in [2.05, 4.69) is 5.32 Å². The summed E-state index contributed by atoms with van der Waals surface area (Å²) in [6, 6.07) is 14.9. The zero-order valence-corrected chi connectivity index (χ0v) is 9.31. The van der Waals surface area contributed by atoms with Gasteiger partial charge in [0, 0.05) is 11.4 Å². The Hall–Kier alpha value is -2.85. The predicted octanol–water partition coefficient (Wildman–Crippen LogP) is 3.31. The second kappa shape index (κ2) is 4.99. The van der Waals surface area contributed by atoms with Gasteiger partial charge in [0.25, 0.3) is 0 Å². The van der Waals surface area contributed by atoms with Crippen molar-refractivity contribution in [2.45, 2.75) is 0 Å². The molecule has 0 aliphatic heterocycles. The molecule has 0 spiro atoms. The van der Waals surface area contributed by atoms with Crippen LogP contribution in [0.4, 0.5) is 15.8 Å². The maximum Gasteiger partial charge on any atom is 0.141 e. The normalized spacial score (nSPS) is 9.28. The summed E-state index contributed by atoms with van der Waals surface area (Å²) in [5, 5.41) is 20.5. The highest BCUT2D eigenvalue weighted by molar-refractivity contribution is 5.62. The van der Waals surface area contributed by atoms with Crippen molar-refractivity contribution in [3.05, 3.63) is 59.4 Å². The summed E-state index contributed by atoms with van der Waals surface area (Å²) in [6.07, 6.45) is 0. The Balaban J connectivity index is 2.29. The average Bonchev–Trinajstić information content (AvgIpc) is 2.41. The van der Waals surface area contributed by atoms with Gasteiger partial charge in [-0.1, -0.05) is 6.07 Å². The Kier molecular flexibility index (Phi) is 3.22. The number of benzene rings is 2. The quantitative estimate of drug-likeness (QED) is 0.871. The van der Waals surface area contributed by atoms with Gasteiger partial charge in [-0.25, -0.2) is 4.39 Å². The SMILES string of the molecule is N#Cc1cccc(Nc2ccc(F)c(C#N)c2)c1. The second-order valence-corrected chi connectivity index (χ2v) is 3.62. The standard InChI is InChI=1S/C14H8FN3/c15-14-5-4-13(7-11(14)9-17)18-12-3-1-2-10(6-12)8-16/h1-7,18H. The summed E-state index contributed by atoms with van der Waals surface area (Å²) >= 11 is 0. The van der Waals surface area contributed by atoms with Crippen LogP contribution >= 0.6 is 0 Å². The Morgan fingerprint density at radius 1 is 0.944 bits per heavy atom. The molecule has 86 valence electrons. The fourth-order valence-corrected chi connectivity index (χ4v) is 1.52. The second-order valence-electron chi connectivity index (χ2n) is 3.62. The third kappa shape index (κ3) is 2.45. The highest BCUT2D eigenvalue weighted by Gasteiger charge is 2.03. The van der Waals surface area contributed by atoms with Crippen molar-refractivity contribution >= 4 is 11.4 Å². The lowest BCUT2D eigenvalue weighted by Crippen LogP contribution is -1.93. The molecule has 0 saturated carbocycles. The molecule has 0 radical (unpaired) electrons. The summed E-state index contributed by atoms with van der Waals surface area (Å²) in [5.41, 5.74) is 1.83. The fourth-order valence-electron chi connectivity index (χ4n) is 1.52. The van der Waals surface area contributed by atoms with Crippen molar-refractivity contribution in [2.75, 3.05) is 5.32 Å². The molecule has 0 fully saturated rings. The zero-order valence-electron chi connectivity index (χ0n) is 9.31. The van der Waals surface area contributed by atoms with E-state index in [9.17, 15) is 4.39 Å². The van der Waals surface area contributed by atoms with Gasteiger partial charge in [0.05, 0.1) is 17.2 Å². The van der Waals surface area contributed by atoms with Gasteiger partial charge in [-0.15, -0.1) is 0 Å². The lowest BCUT2D eigenvalue weighted by molar-refractivity contribution is 0.624. The molecule has 3 nitrogen and oxygen atoms in total. The van der Waals surface area contributed by atoms with Crippen LogP contribution < -0.4 is 5.32 Å². The number of nitrogens with zero attached hydrogens (tertiary/aromatic N) is 2. The van der Waals surface area contributed by atoms with Gasteiger partial charge < -0.3 is 5.32 Å². The Morgan fingerprint density at radius 2 is 1.72 bits per heavy atom. The lowest BCUT2D eigenvalue weighted by atomic mass is 10.2. The van der Waals surface area contributed by atoms with Crippen molar-refractivity contribution in [3.63, 3.8) is 0 Å². The summed E-state index contributed by atoms with van der Waals surface area (Å²) in [5.74, 6) is -0.547. The van der Waals surface area contributed by atoms with Crippen LogP contribution in [0.3, 0.4) is 0 Å². The molecule has 4 heteroatoms. The number of rotatable bonds is 2. The molecular weight excluding hydrogens is 229 g/mol. The summed E-state index contributed by atoms with van der Waals surface area (Å²) < 4.78 is 13.1. The molecule has 0 aliphatic carbocycles. The van der Waals surface area contributed by atoms with E-state index in [0.29, 0.717) is 16.9 Å². The molecule has 18 heavy (non-hydrogen) atoms. The molecule has 2 rings (SSSR count). The number of nitriles is 2. The van der Waals surface area contributed by atoms with Crippen LogP contribution in [0.15, 0.2) is 42.5 Å². The van der Waals surface area contributed by atoms with Gasteiger partial charge in [0.15, 0.2) is 0 Å². The third-order valence-electron chi connectivity index (χ3n) is 2.37. The van der Waals surface area contributed by atoms with E-state index in [1.807, 2.05) is 6.07 Å². The minimum absolute atomic E-state index is 0.0172. The molecule has 0 bridgehead atoms. The molecule has 0 aliphatic rings. The Labute approximate surface area is 104 Å². The van der Waals surface area contributed by atoms with Crippen LogP contribution in [-0.2, 0) is 0 Å². The summed E-state index contributed by atoms with van der Waals surface area (Å²) in [7, 11) is 0. The molecule has 2 aromatic rings. The van der Waals surface area contributed by atoms with E-state index >= 15 is 0 Å². The lowest BCUT2D eigenvalue weighted by Gasteiger charge is -2.07. The van der Waals surface area contributed by atoms with Crippen molar-refractivity contribution in [1.82, 2.24) is 0 Å². The number of nitrogens with one attached hydrogen (secondary N) is 1. The number of halogens is 1. The van der Waals surface area contributed by atoms with Gasteiger partial charge in [-0.3, -0.25) is 0 Å². The Morgan fingerprint density at radius 3 is 2.44 bits per heavy atom. The van der Waals surface area contributed by atoms with Crippen LogP contribution in [0.25, 0.3) is 0 Å². The molecule has 0 heterocycles. The van der Waals surface area contributed by atoms with Gasteiger partial charge >= 0.3 is 0 Å². The molecule has 0 saturated heterocycles. The number of hydrogen-bond acceptors (Lipinski definition) is 3. The fraction of sp³-hybridized carbons (Fsp3) is 0. The molecule has 0 atom stereocenters. The third-order valence-corrected chi connectivity index (χ3v) is 2.37. The maximum absolute atomic E-state index is 13.1. The number of hydrogen-bond donors (Lipinski definition) is 1. The monoisotopic (exact) mass is 237 g/mol.